The maximum absolute atomic E-state index is 12.8. The molecule has 0 fully saturated rings. The van der Waals surface area contributed by atoms with Crippen LogP contribution >= 0.6 is 0 Å². The Balaban J connectivity index is 1.56. The van der Waals surface area contributed by atoms with Gasteiger partial charge in [-0.1, -0.05) is 36.4 Å². The highest BCUT2D eigenvalue weighted by atomic mass is 32.2. The second-order valence-electron chi connectivity index (χ2n) is 8.55. The molecule has 0 spiro atoms. The number of unbranched alkanes of at least 4 members (excludes halogenated alkanes) is 1. The van der Waals surface area contributed by atoms with Gasteiger partial charge in [0, 0.05) is 18.3 Å². The van der Waals surface area contributed by atoms with E-state index < -0.39 is 27.8 Å². The molecule has 3 aromatic rings. The van der Waals surface area contributed by atoms with Crippen LogP contribution in [0.4, 0.5) is 0 Å². The van der Waals surface area contributed by atoms with Gasteiger partial charge in [0.2, 0.25) is 0 Å². The predicted octanol–water partition coefficient (Wildman–Crippen LogP) is 3.52. The summed E-state index contributed by atoms with van der Waals surface area (Å²) in [5, 5.41) is 2.79. The smallest absolute Gasteiger partial charge is 0.357 e. The van der Waals surface area contributed by atoms with E-state index >= 15 is 0 Å². The van der Waals surface area contributed by atoms with Gasteiger partial charge in [-0.15, -0.1) is 0 Å². The van der Waals surface area contributed by atoms with E-state index in [1.807, 2.05) is 22.9 Å². The third-order valence-corrected chi connectivity index (χ3v) is 6.56. The summed E-state index contributed by atoms with van der Waals surface area (Å²) >= 11 is 0. The molecule has 0 saturated heterocycles. The first-order valence-electron chi connectivity index (χ1n) is 11.8. The molecule has 1 aromatic heterocycles. The van der Waals surface area contributed by atoms with E-state index in [0.717, 1.165) is 25.5 Å². The van der Waals surface area contributed by atoms with Crippen LogP contribution in [-0.4, -0.2) is 43.8 Å². The number of carbonyl (C=O) groups excluding carboxylic acids is 3. The Morgan fingerprint density at radius 2 is 1.65 bits per heavy atom. The molecule has 1 heterocycles. The van der Waals surface area contributed by atoms with Crippen molar-refractivity contribution in [1.82, 2.24) is 15.0 Å². The van der Waals surface area contributed by atoms with Crippen LogP contribution in [0, 0.1) is 0 Å². The number of aromatic nitrogens is 1. The standard InChI is InChI=1S/C27H29N3O6S/c1-19(2)36-27(33)24-15-14-22(18-29-24)26(32)30-37(34,35)23-13-8-12-21(17-23)25(31)28-16-7-6-11-20-9-4-3-5-10-20/h3-5,8-10,12-15,17-19H,6-7,11,16H2,1-2H3,(H,28,31)(H,30,32). The highest BCUT2D eigenvalue weighted by Gasteiger charge is 2.21. The Morgan fingerprint density at radius 1 is 0.892 bits per heavy atom. The van der Waals surface area contributed by atoms with Gasteiger partial charge in [-0.3, -0.25) is 9.59 Å². The molecule has 0 saturated carbocycles. The molecule has 2 amide bonds. The summed E-state index contributed by atoms with van der Waals surface area (Å²) in [5.74, 6) is -1.98. The minimum atomic E-state index is -4.26. The molecule has 9 nitrogen and oxygen atoms in total. The summed E-state index contributed by atoms with van der Waals surface area (Å²) in [6.07, 6.45) is 3.34. The lowest BCUT2D eigenvalue weighted by Crippen LogP contribution is -2.31. The van der Waals surface area contributed by atoms with Crippen LogP contribution in [-0.2, 0) is 21.2 Å². The molecular formula is C27H29N3O6S. The number of amides is 2. The fourth-order valence-corrected chi connectivity index (χ4v) is 4.39. The third kappa shape index (κ3) is 8.25. The van der Waals surface area contributed by atoms with Crippen molar-refractivity contribution in [3.05, 3.63) is 95.3 Å². The van der Waals surface area contributed by atoms with E-state index in [0.29, 0.717) is 6.54 Å². The van der Waals surface area contributed by atoms with Crippen molar-refractivity contribution in [2.24, 2.45) is 0 Å². The molecule has 3 rings (SSSR count). The van der Waals surface area contributed by atoms with Gasteiger partial charge in [-0.05, 0) is 69.0 Å². The number of pyridine rings is 1. The maximum Gasteiger partial charge on any atom is 0.357 e. The lowest BCUT2D eigenvalue weighted by molar-refractivity contribution is 0.0370. The third-order valence-electron chi connectivity index (χ3n) is 5.23. The van der Waals surface area contributed by atoms with Crippen molar-refractivity contribution in [1.29, 1.82) is 0 Å². The fraction of sp³-hybridized carbons (Fsp3) is 0.259. The van der Waals surface area contributed by atoms with Crippen molar-refractivity contribution in [3.8, 4) is 0 Å². The number of carbonyl (C=O) groups is 3. The Kier molecular flexibility index (Phi) is 9.51. The highest BCUT2D eigenvalue weighted by molar-refractivity contribution is 7.90. The number of nitrogens with one attached hydrogen (secondary N) is 2. The Labute approximate surface area is 216 Å². The molecule has 0 atom stereocenters. The fourth-order valence-electron chi connectivity index (χ4n) is 3.37. The van der Waals surface area contributed by atoms with Gasteiger partial charge in [0.05, 0.1) is 16.6 Å². The normalized spacial score (nSPS) is 11.1. The largest absolute Gasteiger partial charge is 0.458 e. The Bertz CT molecular complexity index is 1340. The topological polar surface area (TPSA) is 132 Å². The lowest BCUT2D eigenvalue weighted by atomic mass is 10.1. The molecule has 0 radical (unpaired) electrons. The van der Waals surface area contributed by atoms with Gasteiger partial charge in [0.1, 0.15) is 5.69 Å². The van der Waals surface area contributed by atoms with E-state index in [1.165, 1.54) is 42.0 Å². The second kappa shape index (κ2) is 12.8. The summed E-state index contributed by atoms with van der Waals surface area (Å²) in [4.78, 5) is 40.5. The maximum atomic E-state index is 12.8. The second-order valence-corrected chi connectivity index (χ2v) is 10.2. The van der Waals surface area contributed by atoms with Gasteiger partial charge in [-0.2, -0.15) is 0 Å². The first-order chi connectivity index (χ1) is 17.7. The number of esters is 1. The number of benzene rings is 2. The molecule has 2 aromatic carbocycles. The minimum Gasteiger partial charge on any atom is -0.458 e. The van der Waals surface area contributed by atoms with Crippen LogP contribution in [0.5, 0.6) is 0 Å². The number of hydrogen-bond donors (Lipinski definition) is 2. The molecule has 0 bridgehead atoms. The Hall–Kier alpha value is -4.05. The van der Waals surface area contributed by atoms with Crippen LogP contribution in [0.3, 0.4) is 0 Å². The Morgan fingerprint density at radius 3 is 2.32 bits per heavy atom. The quantitative estimate of drug-likeness (QED) is 0.290. The minimum absolute atomic E-state index is 0.00751. The zero-order chi connectivity index (χ0) is 26.8. The molecular weight excluding hydrogens is 494 g/mol. The predicted molar refractivity (Wildman–Crippen MR) is 138 cm³/mol. The summed E-state index contributed by atoms with van der Waals surface area (Å²) < 4.78 is 32.5. The van der Waals surface area contributed by atoms with Crippen molar-refractivity contribution in [3.63, 3.8) is 0 Å². The average Bonchev–Trinajstić information content (AvgIpc) is 2.88. The zero-order valence-electron chi connectivity index (χ0n) is 20.6. The van der Waals surface area contributed by atoms with Crippen LogP contribution < -0.4 is 10.0 Å². The molecule has 0 aliphatic carbocycles. The van der Waals surface area contributed by atoms with Crippen molar-refractivity contribution in [2.45, 2.75) is 44.1 Å². The molecule has 10 heteroatoms. The number of aryl methyl sites for hydroxylation is 1. The van der Waals surface area contributed by atoms with E-state index in [1.54, 1.807) is 13.8 Å². The van der Waals surface area contributed by atoms with E-state index in [9.17, 15) is 22.8 Å². The van der Waals surface area contributed by atoms with Crippen LogP contribution in [0.15, 0.2) is 77.8 Å². The molecule has 2 N–H and O–H groups in total. The van der Waals surface area contributed by atoms with E-state index in [4.69, 9.17) is 4.74 Å². The molecule has 0 unspecified atom stereocenters. The van der Waals surface area contributed by atoms with Gasteiger partial charge in [0.15, 0.2) is 0 Å². The number of hydrogen-bond acceptors (Lipinski definition) is 7. The summed E-state index contributed by atoms with van der Waals surface area (Å²) in [6, 6.07) is 18.0. The van der Waals surface area contributed by atoms with Crippen molar-refractivity contribution < 1.29 is 27.5 Å². The van der Waals surface area contributed by atoms with Crippen molar-refractivity contribution >= 4 is 27.8 Å². The number of rotatable bonds is 11. The highest BCUT2D eigenvalue weighted by Crippen LogP contribution is 2.13. The summed E-state index contributed by atoms with van der Waals surface area (Å²) in [6.45, 7) is 3.83. The van der Waals surface area contributed by atoms with Gasteiger partial charge < -0.3 is 10.1 Å². The summed E-state index contributed by atoms with van der Waals surface area (Å²) in [5.41, 5.74) is 1.32. The molecule has 37 heavy (non-hydrogen) atoms. The summed E-state index contributed by atoms with van der Waals surface area (Å²) in [7, 11) is -4.26. The van der Waals surface area contributed by atoms with Gasteiger partial charge in [0.25, 0.3) is 21.8 Å². The van der Waals surface area contributed by atoms with E-state index in [-0.39, 0.29) is 27.8 Å². The van der Waals surface area contributed by atoms with Crippen LogP contribution in [0.2, 0.25) is 0 Å². The monoisotopic (exact) mass is 523 g/mol. The SMILES string of the molecule is CC(C)OC(=O)c1ccc(C(=O)NS(=O)(=O)c2cccc(C(=O)NCCCCc3ccccc3)c2)cn1. The van der Waals surface area contributed by atoms with Crippen LogP contribution in [0.1, 0.15) is 63.5 Å². The average molecular weight is 524 g/mol. The van der Waals surface area contributed by atoms with Crippen LogP contribution in [0.25, 0.3) is 0 Å². The lowest BCUT2D eigenvalue weighted by Gasteiger charge is -2.10. The number of nitrogens with zero attached hydrogens (tertiary/aromatic N) is 1. The molecule has 194 valence electrons. The first kappa shape index (κ1) is 27.5. The van der Waals surface area contributed by atoms with Gasteiger partial charge in [-0.25, -0.2) is 22.9 Å². The van der Waals surface area contributed by atoms with Crippen molar-refractivity contribution in [2.75, 3.05) is 6.54 Å². The number of ether oxygens (including phenoxy) is 1. The molecule has 0 aliphatic rings. The first-order valence-corrected chi connectivity index (χ1v) is 13.3. The number of sulfonamides is 1. The van der Waals surface area contributed by atoms with Gasteiger partial charge >= 0.3 is 5.97 Å². The van der Waals surface area contributed by atoms with E-state index in [2.05, 4.69) is 22.4 Å². The zero-order valence-corrected chi connectivity index (χ0v) is 21.5. The molecule has 0 aliphatic heterocycles.